The maximum atomic E-state index is 14.1. The highest BCUT2D eigenvalue weighted by molar-refractivity contribution is 7.78. The fraction of sp³-hybridized carbons (Fsp3) is 0.100. The highest BCUT2D eigenvalue weighted by Gasteiger charge is 2.33. The summed E-state index contributed by atoms with van der Waals surface area (Å²) in [5.41, 5.74) is 0.622. The van der Waals surface area contributed by atoms with Gasteiger partial charge in [0.1, 0.15) is 13.2 Å². The summed E-state index contributed by atoms with van der Waals surface area (Å²) >= 11 is 0. The third-order valence-corrected chi connectivity index (χ3v) is 7.26. The molecule has 0 heterocycles. The Morgan fingerprint density at radius 2 is 1.23 bits per heavy atom. The van der Waals surface area contributed by atoms with Crippen molar-refractivity contribution in [2.45, 2.75) is 6.10 Å². The number of benzene rings is 3. The summed E-state index contributed by atoms with van der Waals surface area (Å²) in [6, 6.07) is 27.0. The molecular weight excluding hydrogens is 349 g/mol. The third-order valence-electron chi connectivity index (χ3n) is 4.15. The van der Waals surface area contributed by atoms with Gasteiger partial charge >= 0.3 is 0 Å². The van der Waals surface area contributed by atoms with E-state index in [9.17, 15) is 14.7 Å². The van der Waals surface area contributed by atoms with Crippen molar-refractivity contribution in [2.24, 2.45) is 0 Å². The average Bonchev–Trinajstić information content (AvgIpc) is 2.69. The van der Waals surface area contributed by atoms with Crippen LogP contribution in [-0.4, -0.2) is 11.2 Å². The summed E-state index contributed by atoms with van der Waals surface area (Å²) in [4.78, 5) is 16.0. The lowest BCUT2D eigenvalue weighted by Crippen LogP contribution is -2.24. The van der Waals surface area contributed by atoms with Crippen molar-refractivity contribution < 1.29 is 14.5 Å². The maximum absolute atomic E-state index is 14.1. The molecular formula is C20H18NO4P. The van der Waals surface area contributed by atoms with Gasteiger partial charge in [-0.3, -0.25) is 0 Å². The van der Waals surface area contributed by atoms with E-state index in [-0.39, 0.29) is 6.16 Å². The van der Waals surface area contributed by atoms with Gasteiger partial charge in [-0.1, -0.05) is 91.0 Å². The van der Waals surface area contributed by atoms with Crippen LogP contribution in [0.15, 0.2) is 91.0 Å². The average molecular weight is 367 g/mol. The zero-order valence-electron chi connectivity index (χ0n) is 14.0. The Labute approximate surface area is 151 Å². The van der Waals surface area contributed by atoms with Crippen molar-refractivity contribution in [1.29, 1.82) is 0 Å². The van der Waals surface area contributed by atoms with E-state index in [0.717, 1.165) is 0 Å². The van der Waals surface area contributed by atoms with E-state index in [1.807, 2.05) is 42.5 Å². The normalized spacial score (nSPS) is 12.3. The Morgan fingerprint density at radius 1 is 0.808 bits per heavy atom. The summed E-state index contributed by atoms with van der Waals surface area (Å²) in [5, 5.41) is 11.5. The second-order valence-corrected chi connectivity index (χ2v) is 8.70. The molecule has 132 valence electrons. The molecule has 0 N–H and O–H groups in total. The van der Waals surface area contributed by atoms with Gasteiger partial charge < -0.3 is 9.40 Å². The van der Waals surface area contributed by atoms with Gasteiger partial charge in [0.2, 0.25) is 0 Å². The molecule has 6 heteroatoms. The molecule has 26 heavy (non-hydrogen) atoms. The van der Waals surface area contributed by atoms with Gasteiger partial charge in [0.15, 0.2) is 0 Å². The predicted octanol–water partition coefficient (Wildman–Crippen LogP) is 3.95. The van der Waals surface area contributed by atoms with Crippen molar-refractivity contribution >= 4 is 17.8 Å². The van der Waals surface area contributed by atoms with Gasteiger partial charge in [0.05, 0.1) is 0 Å². The van der Waals surface area contributed by atoms with Crippen molar-refractivity contribution in [3.05, 3.63) is 107 Å². The van der Waals surface area contributed by atoms with Crippen LogP contribution in [0.25, 0.3) is 0 Å². The molecule has 0 aliphatic carbocycles. The molecule has 0 aliphatic heterocycles. The molecule has 0 fully saturated rings. The van der Waals surface area contributed by atoms with Crippen LogP contribution in [0.4, 0.5) is 0 Å². The standard InChI is InChI=1S/C20H18NO4P/c22-21(23)25-20(17-10-4-1-5-11-17)16-26(24,18-12-6-2-7-13-18)19-14-8-3-9-15-19/h1-15,20H,16H2. The molecule has 3 rings (SSSR count). The van der Waals surface area contributed by atoms with Gasteiger partial charge in [-0.05, 0) is 5.56 Å². The first kappa shape index (κ1) is 17.9. The van der Waals surface area contributed by atoms with Crippen LogP contribution < -0.4 is 10.6 Å². The van der Waals surface area contributed by atoms with E-state index in [0.29, 0.717) is 16.2 Å². The minimum absolute atomic E-state index is 0.00597. The Hall–Kier alpha value is -2.91. The summed E-state index contributed by atoms with van der Waals surface area (Å²) in [5.74, 6) is 0. The van der Waals surface area contributed by atoms with Gasteiger partial charge in [-0.25, -0.2) is 0 Å². The van der Waals surface area contributed by atoms with Crippen LogP contribution in [0.2, 0.25) is 0 Å². The highest BCUT2D eigenvalue weighted by atomic mass is 31.2. The minimum Gasteiger partial charge on any atom is -0.314 e. The molecule has 0 spiro atoms. The summed E-state index contributed by atoms with van der Waals surface area (Å²) in [6.45, 7) is 0. The van der Waals surface area contributed by atoms with Gasteiger partial charge in [0.25, 0.3) is 5.09 Å². The fourth-order valence-electron chi connectivity index (χ4n) is 2.90. The van der Waals surface area contributed by atoms with Gasteiger partial charge in [-0.15, -0.1) is 10.1 Å². The van der Waals surface area contributed by atoms with E-state index in [4.69, 9.17) is 4.84 Å². The van der Waals surface area contributed by atoms with E-state index in [1.165, 1.54) is 0 Å². The first-order valence-electron chi connectivity index (χ1n) is 8.16. The molecule has 0 saturated heterocycles. The molecule has 1 atom stereocenters. The Bertz CT molecular complexity index is 857. The monoisotopic (exact) mass is 367 g/mol. The quantitative estimate of drug-likeness (QED) is 0.360. The molecule has 0 radical (unpaired) electrons. The van der Waals surface area contributed by atoms with Crippen molar-refractivity contribution in [3.63, 3.8) is 0 Å². The fourth-order valence-corrected chi connectivity index (χ4v) is 5.67. The summed E-state index contributed by atoms with van der Waals surface area (Å²) in [7, 11) is -3.13. The smallest absolute Gasteiger partial charge is 0.295 e. The van der Waals surface area contributed by atoms with Crippen molar-refractivity contribution in [2.75, 3.05) is 6.16 Å². The highest BCUT2D eigenvalue weighted by Crippen LogP contribution is 2.47. The second kappa shape index (κ2) is 7.98. The maximum Gasteiger partial charge on any atom is 0.295 e. The molecule has 0 aromatic heterocycles. The lowest BCUT2D eigenvalue weighted by Gasteiger charge is -2.24. The molecule has 0 amide bonds. The second-order valence-electron chi connectivity index (χ2n) is 5.82. The Balaban J connectivity index is 2.07. The van der Waals surface area contributed by atoms with Crippen molar-refractivity contribution in [1.82, 2.24) is 0 Å². The summed E-state index contributed by atoms with van der Waals surface area (Å²) in [6.07, 6.45) is -0.913. The SMILES string of the molecule is O=[N+]([O-])OC(CP(=O)(c1ccccc1)c1ccccc1)c1ccccc1. The third kappa shape index (κ3) is 4.01. The van der Waals surface area contributed by atoms with E-state index >= 15 is 0 Å². The van der Waals surface area contributed by atoms with Crippen molar-refractivity contribution in [3.8, 4) is 0 Å². The Morgan fingerprint density at radius 3 is 1.65 bits per heavy atom. The van der Waals surface area contributed by atoms with Crippen LogP contribution >= 0.6 is 7.14 Å². The topological polar surface area (TPSA) is 69.4 Å². The summed E-state index contributed by atoms with van der Waals surface area (Å²) < 4.78 is 14.1. The molecule has 1 unspecified atom stereocenters. The molecule has 0 bridgehead atoms. The first-order valence-corrected chi connectivity index (χ1v) is 10.1. The van der Waals surface area contributed by atoms with Gasteiger partial charge in [-0.2, -0.15) is 0 Å². The van der Waals surface area contributed by atoms with E-state index in [2.05, 4.69) is 0 Å². The number of rotatable bonds is 7. The molecule has 0 aliphatic rings. The van der Waals surface area contributed by atoms with Crippen LogP contribution in [0.1, 0.15) is 11.7 Å². The van der Waals surface area contributed by atoms with E-state index in [1.54, 1.807) is 48.5 Å². The van der Waals surface area contributed by atoms with Crippen LogP contribution in [0.3, 0.4) is 0 Å². The van der Waals surface area contributed by atoms with Crippen LogP contribution in [0, 0.1) is 10.1 Å². The zero-order chi connectivity index (χ0) is 18.4. The minimum atomic E-state index is -3.13. The predicted molar refractivity (Wildman–Crippen MR) is 102 cm³/mol. The van der Waals surface area contributed by atoms with E-state index < -0.39 is 18.3 Å². The van der Waals surface area contributed by atoms with Crippen LogP contribution in [0.5, 0.6) is 0 Å². The Kier molecular flexibility index (Phi) is 5.49. The van der Waals surface area contributed by atoms with Gasteiger partial charge in [0, 0.05) is 16.8 Å². The van der Waals surface area contributed by atoms with Crippen LogP contribution in [-0.2, 0) is 9.40 Å². The number of hydrogen-bond acceptors (Lipinski definition) is 4. The molecule has 5 nitrogen and oxygen atoms in total. The molecule has 0 saturated carbocycles. The lowest BCUT2D eigenvalue weighted by molar-refractivity contribution is -0.769. The zero-order valence-corrected chi connectivity index (χ0v) is 14.9. The first-order chi connectivity index (χ1) is 12.6. The molecule has 3 aromatic rings. The molecule has 3 aromatic carbocycles. The number of nitrogens with zero attached hydrogens (tertiary/aromatic N) is 1. The largest absolute Gasteiger partial charge is 0.314 e. The lowest BCUT2D eigenvalue weighted by atomic mass is 10.1. The number of hydrogen-bond donors (Lipinski definition) is 0.